The van der Waals surface area contributed by atoms with Crippen LogP contribution in [0.4, 0.5) is 0 Å². The normalized spacial score (nSPS) is 15.6. The first kappa shape index (κ1) is 42.9. The van der Waals surface area contributed by atoms with Gasteiger partial charge in [-0.3, -0.25) is 0 Å². The average Bonchev–Trinajstić information content (AvgIpc) is 3.71. The Kier molecular flexibility index (Phi) is 19.5. The summed E-state index contributed by atoms with van der Waals surface area (Å²) in [5.74, 6) is 1.90. The molecular formula is C42H78GeS2Sn2. The van der Waals surface area contributed by atoms with E-state index in [0.29, 0.717) is 0 Å². The molecule has 0 N–H and O–H groups in total. The van der Waals surface area contributed by atoms with E-state index in [0.717, 1.165) is 11.8 Å². The molecule has 1 aliphatic rings. The van der Waals surface area contributed by atoms with Crippen LogP contribution in [-0.2, 0) is 0 Å². The summed E-state index contributed by atoms with van der Waals surface area (Å²) in [7, 11) is 0. The van der Waals surface area contributed by atoms with Gasteiger partial charge in [-0.2, -0.15) is 0 Å². The number of unbranched alkanes of at least 4 members (excludes halogenated alkanes) is 12. The zero-order valence-corrected chi connectivity index (χ0v) is 42.6. The Labute approximate surface area is 314 Å². The molecule has 270 valence electrons. The maximum atomic E-state index is 2.94. The van der Waals surface area contributed by atoms with Crippen LogP contribution < -0.4 is 14.6 Å². The number of fused-ring (bicyclic) bond motifs is 3. The average molecular weight is 957 g/mol. The van der Waals surface area contributed by atoms with E-state index in [1.165, 1.54) is 128 Å². The van der Waals surface area contributed by atoms with Crippen molar-refractivity contribution in [3.8, 4) is 9.75 Å². The van der Waals surface area contributed by atoms with E-state index in [1.807, 2.05) is 24.3 Å². The molecule has 2 unspecified atom stereocenters. The Morgan fingerprint density at radius 3 is 1.13 bits per heavy atom. The summed E-state index contributed by atoms with van der Waals surface area (Å²) in [5.41, 5.74) is 0. The van der Waals surface area contributed by atoms with Crippen molar-refractivity contribution in [2.75, 3.05) is 0 Å². The van der Waals surface area contributed by atoms with E-state index in [1.54, 1.807) is 10.5 Å². The van der Waals surface area contributed by atoms with Gasteiger partial charge in [0, 0.05) is 0 Å². The van der Waals surface area contributed by atoms with Crippen molar-refractivity contribution in [2.45, 2.75) is 196 Å². The Morgan fingerprint density at radius 1 is 0.468 bits per heavy atom. The van der Waals surface area contributed by atoms with Gasteiger partial charge in [-0.05, 0) is 0 Å². The van der Waals surface area contributed by atoms with Gasteiger partial charge in [0.2, 0.25) is 0 Å². The Balaban J connectivity index is 2.08. The molecule has 0 aliphatic carbocycles. The third-order valence-corrected chi connectivity index (χ3v) is 44.7. The monoisotopic (exact) mass is 960 g/mol. The van der Waals surface area contributed by atoms with Crippen LogP contribution in [0.15, 0.2) is 12.1 Å². The van der Waals surface area contributed by atoms with Gasteiger partial charge in [0.25, 0.3) is 0 Å². The third kappa shape index (κ3) is 12.9. The minimum atomic E-state index is -2.64. The number of rotatable bonds is 26. The summed E-state index contributed by atoms with van der Waals surface area (Å²) < 4.78 is 7.78. The van der Waals surface area contributed by atoms with Gasteiger partial charge in [0.05, 0.1) is 0 Å². The first-order chi connectivity index (χ1) is 22.4. The van der Waals surface area contributed by atoms with Gasteiger partial charge in [-0.15, -0.1) is 0 Å². The van der Waals surface area contributed by atoms with Crippen LogP contribution >= 0.6 is 22.7 Å². The maximum absolute atomic E-state index is 2.94. The summed E-state index contributed by atoms with van der Waals surface area (Å²) >= 11 is -2.39. The summed E-state index contributed by atoms with van der Waals surface area (Å²) in [6, 6.07) is 5.87. The van der Waals surface area contributed by atoms with Gasteiger partial charge in [-0.1, -0.05) is 0 Å². The SMILES string of the molecule is CCCCCCCCC(CCCC)[CH2][Ge]1([CH2]C(CCCC)CCCCCCCC)[c]2c[c]([Sn]([CH3])([CH3])[CH3])sc2-c2s[c]([Sn]([CH3])([CH3])[CH3])c[c]21. The van der Waals surface area contributed by atoms with Crippen LogP contribution in [0.25, 0.3) is 9.75 Å². The molecule has 2 atom stereocenters. The van der Waals surface area contributed by atoms with Crippen LogP contribution in [0.5, 0.6) is 0 Å². The summed E-state index contributed by atoms with van der Waals surface area (Å²) in [5, 5.41) is 3.22. The van der Waals surface area contributed by atoms with Crippen LogP contribution in [0.3, 0.4) is 0 Å². The van der Waals surface area contributed by atoms with Crippen molar-refractivity contribution in [2.24, 2.45) is 11.8 Å². The van der Waals surface area contributed by atoms with Crippen LogP contribution in [0, 0.1) is 11.8 Å². The first-order valence-electron chi connectivity index (χ1n) is 20.7. The fourth-order valence-electron chi connectivity index (χ4n) is 8.33. The Hall–Kier alpha value is 1.54. The molecule has 0 aromatic carbocycles. The summed E-state index contributed by atoms with van der Waals surface area (Å²) in [6.45, 7) is 9.59. The number of hydrogen-bond donors (Lipinski definition) is 0. The molecule has 0 bridgehead atoms. The molecule has 3 rings (SSSR count). The molecule has 3 heterocycles. The van der Waals surface area contributed by atoms with E-state index in [2.05, 4.69) is 92.1 Å². The van der Waals surface area contributed by atoms with Crippen molar-refractivity contribution in [3.63, 3.8) is 0 Å². The fraction of sp³-hybridized carbons (Fsp3) is 0.810. The number of thiophene rings is 2. The topological polar surface area (TPSA) is 0 Å². The van der Waals surface area contributed by atoms with E-state index < -0.39 is 50.0 Å². The molecule has 47 heavy (non-hydrogen) atoms. The van der Waals surface area contributed by atoms with Gasteiger partial charge >= 0.3 is 317 Å². The fourth-order valence-corrected chi connectivity index (χ4v) is 39.0. The van der Waals surface area contributed by atoms with Crippen molar-refractivity contribution in [1.29, 1.82) is 0 Å². The minimum absolute atomic E-state index is 0.948. The molecular weight excluding hydrogens is 879 g/mol. The molecule has 2 aromatic rings. The van der Waals surface area contributed by atoms with Crippen molar-refractivity contribution in [1.82, 2.24) is 0 Å². The van der Waals surface area contributed by atoms with Gasteiger partial charge in [0.15, 0.2) is 0 Å². The molecule has 0 spiro atoms. The summed E-state index contributed by atoms with van der Waals surface area (Å²) in [6.07, 6.45) is 28.9. The Morgan fingerprint density at radius 2 is 0.787 bits per heavy atom. The third-order valence-electron chi connectivity index (χ3n) is 11.3. The summed E-state index contributed by atoms with van der Waals surface area (Å²) in [4.78, 5) is 19.8. The zero-order valence-electron chi connectivity index (χ0n) is 33.2. The van der Waals surface area contributed by atoms with Crippen LogP contribution in [-0.4, -0.2) is 50.0 Å². The molecule has 2 aromatic heterocycles. The zero-order chi connectivity index (χ0) is 34.5. The predicted molar refractivity (Wildman–Crippen MR) is 230 cm³/mol. The van der Waals surface area contributed by atoms with E-state index >= 15 is 0 Å². The van der Waals surface area contributed by atoms with Crippen molar-refractivity contribution < 1.29 is 0 Å². The number of hydrogen-bond acceptors (Lipinski definition) is 2. The first-order valence-corrected chi connectivity index (χ1v) is 47.4. The van der Waals surface area contributed by atoms with E-state index in [-0.39, 0.29) is 0 Å². The molecule has 0 saturated carbocycles. The van der Waals surface area contributed by atoms with Gasteiger partial charge < -0.3 is 0 Å². The van der Waals surface area contributed by atoms with E-state index in [9.17, 15) is 0 Å². The van der Waals surface area contributed by atoms with Crippen LogP contribution in [0.1, 0.15) is 156 Å². The standard InChI is InChI=1S/C36H60GeS2.6CH3.2Sn/c1-5-9-13-15-17-19-23-31(21-11-7-3)29-37(33-25-27-38-35(33)36-34(37)26-28-39-36)30-32(22-12-8-4)24-20-18-16-14-10-6-2;;;;;;;;/h25-26,31-32H,5-24,29-30H2,1-4H3;6*1H3;;. The quantitative estimate of drug-likeness (QED) is 0.0651. The van der Waals surface area contributed by atoms with Crippen molar-refractivity contribution >= 4 is 87.3 Å². The molecule has 0 fully saturated rings. The molecule has 1 aliphatic heterocycles. The van der Waals surface area contributed by atoms with Crippen LogP contribution in [0.2, 0.25) is 40.1 Å². The molecule has 0 amide bonds. The second kappa shape index (κ2) is 21.3. The van der Waals surface area contributed by atoms with Gasteiger partial charge in [0.1, 0.15) is 0 Å². The second-order valence-electron chi connectivity index (χ2n) is 17.8. The van der Waals surface area contributed by atoms with E-state index in [4.69, 9.17) is 0 Å². The molecule has 5 heteroatoms. The molecule has 0 radical (unpaired) electrons. The predicted octanol–water partition coefficient (Wildman–Crippen LogP) is 13.6. The van der Waals surface area contributed by atoms with Gasteiger partial charge in [-0.25, -0.2) is 0 Å². The Bertz CT molecular complexity index is 1060. The molecule has 0 saturated heterocycles. The van der Waals surface area contributed by atoms with Crippen molar-refractivity contribution in [3.05, 3.63) is 12.1 Å². The molecule has 0 nitrogen and oxygen atoms in total. The second-order valence-corrected chi connectivity index (χ2v) is 59.3.